The summed E-state index contributed by atoms with van der Waals surface area (Å²) < 4.78 is 4.74. The van der Waals surface area contributed by atoms with Crippen molar-refractivity contribution in [1.29, 1.82) is 0 Å². The Bertz CT molecular complexity index is 107. The molecule has 2 heteroatoms. The van der Waals surface area contributed by atoms with E-state index in [1.807, 2.05) is 12.2 Å². The number of allylic oxidation sites excluding steroid dienone is 1. The first-order valence-corrected chi connectivity index (χ1v) is 3.46. The van der Waals surface area contributed by atoms with Gasteiger partial charge in [-0.2, -0.15) is 0 Å². The van der Waals surface area contributed by atoms with Gasteiger partial charge in [0.25, 0.3) is 0 Å². The standard InChI is InChI=1S/C7H12OS/c1-3-4-5-6-7(9)8-2/h5-6H,3-4H2,1-2H3. The van der Waals surface area contributed by atoms with Gasteiger partial charge in [-0.1, -0.05) is 19.4 Å². The van der Waals surface area contributed by atoms with Crippen molar-refractivity contribution in [2.45, 2.75) is 19.8 Å². The third-order valence-corrected chi connectivity index (χ3v) is 1.21. The topological polar surface area (TPSA) is 9.23 Å². The van der Waals surface area contributed by atoms with Gasteiger partial charge in [-0.15, -0.1) is 0 Å². The SMILES string of the molecule is CCCC=CC(=S)OC. The number of unbranched alkanes of at least 4 members (excludes halogenated alkanes) is 1. The van der Waals surface area contributed by atoms with Crippen LogP contribution in [0.25, 0.3) is 0 Å². The molecule has 0 fully saturated rings. The van der Waals surface area contributed by atoms with Crippen molar-refractivity contribution < 1.29 is 4.74 Å². The van der Waals surface area contributed by atoms with Gasteiger partial charge >= 0.3 is 0 Å². The van der Waals surface area contributed by atoms with E-state index in [2.05, 4.69) is 6.92 Å². The third-order valence-electron chi connectivity index (χ3n) is 0.910. The molecule has 0 spiro atoms. The zero-order valence-corrected chi connectivity index (χ0v) is 6.70. The maximum Gasteiger partial charge on any atom is 0.183 e. The first-order chi connectivity index (χ1) is 4.31. The molecule has 0 aliphatic rings. The lowest BCUT2D eigenvalue weighted by Gasteiger charge is -1.91. The molecule has 0 N–H and O–H groups in total. The van der Waals surface area contributed by atoms with Crippen LogP contribution in [0.15, 0.2) is 12.2 Å². The Morgan fingerprint density at radius 1 is 1.67 bits per heavy atom. The van der Waals surface area contributed by atoms with Crippen molar-refractivity contribution in [2.75, 3.05) is 7.11 Å². The van der Waals surface area contributed by atoms with Crippen molar-refractivity contribution in [1.82, 2.24) is 0 Å². The molecular formula is C7H12OS. The lowest BCUT2D eigenvalue weighted by atomic mass is 10.3. The molecule has 0 rings (SSSR count). The third kappa shape index (κ3) is 5.50. The number of hydrogen-bond donors (Lipinski definition) is 0. The number of hydrogen-bond acceptors (Lipinski definition) is 2. The number of ether oxygens (including phenoxy) is 1. The summed E-state index contributed by atoms with van der Waals surface area (Å²) in [4.78, 5) is 0. The van der Waals surface area contributed by atoms with Gasteiger partial charge in [0.2, 0.25) is 0 Å². The summed E-state index contributed by atoms with van der Waals surface area (Å²) in [6.07, 6.45) is 6.07. The zero-order chi connectivity index (χ0) is 7.11. The highest BCUT2D eigenvalue weighted by Crippen LogP contribution is 1.89. The molecule has 0 aliphatic carbocycles. The van der Waals surface area contributed by atoms with E-state index < -0.39 is 0 Å². The fraction of sp³-hybridized carbons (Fsp3) is 0.571. The molecule has 0 aliphatic heterocycles. The van der Waals surface area contributed by atoms with Gasteiger partial charge in [0.05, 0.1) is 7.11 Å². The molecule has 0 radical (unpaired) electrons. The molecule has 0 aromatic carbocycles. The molecule has 0 saturated carbocycles. The minimum atomic E-state index is 0.559. The average Bonchev–Trinajstić information content (AvgIpc) is 1.89. The maximum absolute atomic E-state index is 4.76. The Morgan fingerprint density at radius 3 is 2.78 bits per heavy atom. The predicted octanol–water partition coefficient (Wildman–Crippen LogP) is 2.32. The molecule has 1 nitrogen and oxygen atoms in total. The minimum absolute atomic E-state index is 0.559. The Kier molecular flexibility index (Phi) is 5.52. The molecule has 0 aromatic rings. The van der Waals surface area contributed by atoms with Crippen molar-refractivity contribution in [2.24, 2.45) is 0 Å². The fourth-order valence-electron chi connectivity index (χ4n) is 0.414. The Morgan fingerprint density at radius 2 is 2.33 bits per heavy atom. The molecule has 0 aromatic heterocycles. The first-order valence-electron chi connectivity index (χ1n) is 3.05. The highest BCUT2D eigenvalue weighted by molar-refractivity contribution is 7.80. The van der Waals surface area contributed by atoms with Crippen molar-refractivity contribution in [3.05, 3.63) is 12.2 Å². The van der Waals surface area contributed by atoms with Crippen LogP contribution in [0, 0.1) is 0 Å². The highest BCUT2D eigenvalue weighted by Gasteiger charge is 1.81. The van der Waals surface area contributed by atoms with E-state index in [0.29, 0.717) is 5.05 Å². The Balaban J connectivity index is 3.32. The van der Waals surface area contributed by atoms with Crippen LogP contribution in [0.5, 0.6) is 0 Å². The largest absolute Gasteiger partial charge is 0.487 e. The second-order valence-corrected chi connectivity index (χ2v) is 2.12. The van der Waals surface area contributed by atoms with Gasteiger partial charge in [0, 0.05) is 0 Å². The van der Waals surface area contributed by atoms with Gasteiger partial charge in [-0.05, 0) is 24.7 Å². The molecule has 0 amide bonds. The van der Waals surface area contributed by atoms with E-state index in [-0.39, 0.29) is 0 Å². The van der Waals surface area contributed by atoms with Crippen LogP contribution in [-0.4, -0.2) is 12.2 Å². The van der Waals surface area contributed by atoms with E-state index in [0.717, 1.165) is 12.8 Å². The number of thiocarbonyl (C=S) groups is 1. The summed E-state index contributed by atoms with van der Waals surface area (Å²) in [5, 5.41) is 0.559. The molecule has 0 atom stereocenters. The summed E-state index contributed by atoms with van der Waals surface area (Å²) in [7, 11) is 1.58. The van der Waals surface area contributed by atoms with Crippen LogP contribution in [0.3, 0.4) is 0 Å². The van der Waals surface area contributed by atoms with Crippen LogP contribution in [0.4, 0.5) is 0 Å². The van der Waals surface area contributed by atoms with Gasteiger partial charge in [0.15, 0.2) is 5.05 Å². The van der Waals surface area contributed by atoms with Crippen molar-refractivity contribution >= 4 is 17.3 Å². The quantitative estimate of drug-likeness (QED) is 0.444. The lowest BCUT2D eigenvalue weighted by Crippen LogP contribution is -1.89. The highest BCUT2D eigenvalue weighted by atomic mass is 32.1. The predicted molar refractivity (Wildman–Crippen MR) is 43.7 cm³/mol. The Hall–Kier alpha value is -0.370. The normalized spacial score (nSPS) is 10.0. The fourth-order valence-corrected chi connectivity index (χ4v) is 0.510. The number of rotatable bonds is 3. The molecule has 52 valence electrons. The van der Waals surface area contributed by atoms with E-state index in [1.54, 1.807) is 7.11 Å². The van der Waals surface area contributed by atoms with Crippen LogP contribution >= 0.6 is 12.2 Å². The second-order valence-electron chi connectivity index (χ2n) is 1.71. The molecule has 0 saturated heterocycles. The van der Waals surface area contributed by atoms with E-state index in [9.17, 15) is 0 Å². The molecule has 9 heavy (non-hydrogen) atoms. The summed E-state index contributed by atoms with van der Waals surface area (Å²) in [6, 6.07) is 0. The average molecular weight is 144 g/mol. The molecule has 0 unspecified atom stereocenters. The van der Waals surface area contributed by atoms with E-state index in [4.69, 9.17) is 17.0 Å². The van der Waals surface area contributed by atoms with Crippen LogP contribution in [-0.2, 0) is 4.74 Å². The number of methoxy groups -OCH3 is 1. The van der Waals surface area contributed by atoms with E-state index >= 15 is 0 Å². The molecule has 0 heterocycles. The van der Waals surface area contributed by atoms with Crippen LogP contribution in [0.2, 0.25) is 0 Å². The van der Waals surface area contributed by atoms with Crippen LogP contribution in [0.1, 0.15) is 19.8 Å². The van der Waals surface area contributed by atoms with Gasteiger partial charge in [-0.3, -0.25) is 0 Å². The summed E-state index contributed by atoms with van der Waals surface area (Å²) >= 11 is 4.76. The van der Waals surface area contributed by atoms with Crippen molar-refractivity contribution in [3.8, 4) is 0 Å². The van der Waals surface area contributed by atoms with E-state index in [1.165, 1.54) is 0 Å². The Labute approximate surface area is 61.7 Å². The smallest absolute Gasteiger partial charge is 0.183 e. The molecular weight excluding hydrogens is 132 g/mol. The second kappa shape index (κ2) is 5.76. The van der Waals surface area contributed by atoms with Gasteiger partial charge in [-0.25, -0.2) is 0 Å². The van der Waals surface area contributed by atoms with Crippen molar-refractivity contribution in [3.63, 3.8) is 0 Å². The minimum Gasteiger partial charge on any atom is -0.487 e. The summed E-state index contributed by atoms with van der Waals surface area (Å²) in [5.74, 6) is 0. The van der Waals surface area contributed by atoms with Gasteiger partial charge < -0.3 is 4.74 Å². The maximum atomic E-state index is 4.76. The monoisotopic (exact) mass is 144 g/mol. The summed E-state index contributed by atoms with van der Waals surface area (Å²) in [5.41, 5.74) is 0. The zero-order valence-electron chi connectivity index (χ0n) is 5.89. The summed E-state index contributed by atoms with van der Waals surface area (Å²) in [6.45, 7) is 2.13. The molecule has 0 bridgehead atoms. The van der Waals surface area contributed by atoms with Gasteiger partial charge in [0.1, 0.15) is 0 Å². The van der Waals surface area contributed by atoms with Crippen LogP contribution < -0.4 is 0 Å². The lowest BCUT2D eigenvalue weighted by molar-refractivity contribution is 0.418. The first kappa shape index (κ1) is 8.63.